The minimum Gasteiger partial charge on any atom is -0.378 e. The third kappa shape index (κ3) is 4.45. The van der Waals surface area contributed by atoms with E-state index in [0.29, 0.717) is 5.69 Å². The van der Waals surface area contributed by atoms with Crippen molar-refractivity contribution in [2.24, 2.45) is 0 Å². The Morgan fingerprint density at radius 1 is 1.35 bits per heavy atom. The van der Waals surface area contributed by atoms with Gasteiger partial charge >= 0.3 is 0 Å². The number of hydrogen-bond donors (Lipinski definition) is 1. The van der Waals surface area contributed by atoms with Gasteiger partial charge in [0, 0.05) is 31.7 Å². The summed E-state index contributed by atoms with van der Waals surface area (Å²) in [5.41, 5.74) is 2.56. The summed E-state index contributed by atoms with van der Waals surface area (Å²) in [7, 11) is 4.15. The molecule has 1 amide bonds. The number of aromatic amines is 1. The molecule has 0 bridgehead atoms. The van der Waals surface area contributed by atoms with Gasteiger partial charge in [-0.15, -0.1) is 0 Å². The molecule has 1 aromatic rings. The molecule has 0 radical (unpaired) electrons. The Balaban J connectivity index is 1.52. The number of nitrogens with zero attached hydrogens (tertiary/aromatic N) is 3. The number of ether oxygens (including phenoxy) is 2. The van der Waals surface area contributed by atoms with E-state index in [1.807, 2.05) is 18.7 Å². The van der Waals surface area contributed by atoms with Crippen molar-refractivity contribution >= 4 is 5.91 Å². The van der Waals surface area contributed by atoms with Gasteiger partial charge in [-0.1, -0.05) is 0 Å². The molecule has 2 aliphatic heterocycles. The van der Waals surface area contributed by atoms with E-state index in [-0.39, 0.29) is 24.2 Å². The van der Waals surface area contributed by atoms with Gasteiger partial charge in [0.25, 0.3) is 5.91 Å². The van der Waals surface area contributed by atoms with E-state index in [2.05, 4.69) is 29.2 Å². The highest BCUT2D eigenvalue weighted by atomic mass is 16.5. The van der Waals surface area contributed by atoms with Crippen LogP contribution in [-0.2, 0) is 15.9 Å². The first-order chi connectivity index (χ1) is 12.5. The van der Waals surface area contributed by atoms with Crippen LogP contribution in [0.3, 0.4) is 0 Å². The van der Waals surface area contributed by atoms with Crippen LogP contribution in [0.25, 0.3) is 0 Å². The maximum atomic E-state index is 12.9. The number of piperidine rings is 1. The zero-order valence-electron chi connectivity index (χ0n) is 16.5. The summed E-state index contributed by atoms with van der Waals surface area (Å²) in [6.07, 6.45) is 3.92. The molecule has 1 saturated heterocycles. The number of amides is 1. The molecule has 7 nitrogen and oxygen atoms in total. The molecule has 3 heterocycles. The number of rotatable bonds is 6. The molecule has 0 unspecified atom stereocenters. The van der Waals surface area contributed by atoms with Crippen LogP contribution >= 0.6 is 0 Å². The number of nitrogens with one attached hydrogen (secondary N) is 1. The van der Waals surface area contributed by atoms with E-state index in [0.717, 1.165) is 63.2 Å². The Morgan fingerprint density at radius 2 is 2.08 bits per heavy atom. The van der Waals surface area contributed by atoms with Gasteiger partial charge in [-0.3, -0.25) is 9.89 Å². The molecule has 26 heavy (non-hydrogen) atoms. The summed E-state index contributed by atoms with van der Waals surface area (Å²) < 4.78 is 11.8. The second-order valence-corrected chi connectivity index (χ2v) is 7.78. The molecule has 146 valence electrons. The summed E-state index contributed by atoms with van der Waals surface area (Å²) in [6.45, 7) is 7.35. The monoisotopic (exact) mass is 364 g/mol. The summed E-state index contributed by atoms with van der Waals surface area (Å²) in [4.78, 5) is 17.0. The second kappa shape index (κ2) is 8.50. The Hall–Kier alpha value is -1.44. The third-order valence-electron chi connectivity index (χ3n) is 5.27. The fourth-order valence-electron chi connectivity index (χ4n) is 3.86. The van der Waals surface area contributed by atoms with Crippen LogP contribution in [0.15, 0.2) is 0 Å². The van der Waals surface area contributed by atoms with Gasteiger partial charge in [0.1, 0.15) is 0 Å². The first-order valence-electron chi connectivity index (χ1n) is 9.74. The normalized spacial score (nSPS) is 24.1. The van der Waals surface area contributed by atoms with Gasteiger partial charge in [0.05, 0.1) is 24.0 Å². The van der Waals surface area contributed by atoms with E-state index >= 15 is 0 Å². The van der Waals surface area contributed by atoms with Crippen molar-refractivity contribution in [3.8, 4) is 0 Å². The van der Waals surface area contributed by atoms with Crippen LogP contribution in [0.1, 0.15) is 61.0 Å². The van der Waals surface area contributed by atoms with Crippen LogP contribution in [0, 0.1) is 0 Å². The Kier molecular flexibility index (Phi) is 6.32. The van der Waals surface area contributed by atoms with Crippen LogP contribution < -0.4 is 0 Å². The molecule has 1 aromatic heterocycles. The molecule has 1 N–H and O–H groups in total. The molecular formula is C19H32N4O3. The number of fused-ring (bicyclic) bond motifs is 1. The van der Waals surface area contributed by atoms with Crippen LogP contribution in [0.5, 0.6) is 0 Å². The van der Waals surface area contributed by atoms with Gasteiger partial charge in [-0.05, 0) is 53.8 Å². The molecule has 2 aliphatic rings. The largest absolute Gasteiger partial charge is 0.378 e. The standard InChI is InChI=1S/C19H32N4O3/c1-13-12-16-17(14(2)26-13)20-21-18(16)19(24)23-9-6-15(7-10-23)25-11-5-8-22(3)4/h13-15H,5-12H2,1-4H3,(H,20,21)/t13-,14+/m1/s1. The molecule has 3 rings (SSSR count). The number of carbonyl (C=O) groups excluding carboxylic acids is 1. The van der Waals surface area contributed by atoms with E-state index in [1.54, 1.807) is 0 Å². The van der Waals surface area contributed by atoms with Crippen molar-refractivity contribution in [3.05, 3.63) is 17.0 Å². The van der Waals surface area contributed by atoms with Crippen molar-refractivity contribution in [2.75, 3.05) is 40.3 Å². The van der Waals surface area contributed by atoms with Crippen LogP contribution in [0.2, 0.25) is 0 Å². The molecule has 1 fully saturated rings. The lowest BCUT2D eigenvalue weighted by Crippen LogP contribution is -2.41. The predicted molar refractivity (Wildman–Crippen MR) is 99.3 cm³/mol. The summed E-state index contributed by atoms with van der Waals surface area (Å²) in [5, 5.41) is 7.34. The van der Waals surface area contributed by atoms with Crippen molar-refractivity contribution < 1.29 is 14.3 Å². The van der Waals surface area contributed by atoms with Gasteiger partial charge in [0.2, 0.25) is 0 Å². The Morgan fingerprint density at radius 3 is 2.77 bits per heavy atom. The minimum absolute atomic E-state index is 0.0369. The topological polar surface area (TPSA) is 70.7 Å². The zero-order valence-corrected chi connectivity index (χ0v) is 16.5. The fraction of sp³-hybridized carbons (Fsp3) is 0.789. The molecule has 2 atom stereocenters. The van der Waals surface area contributed by atoms with E-state index in [1.165, 1.54) is 0 Å². The lowest BCUT2D eigenvalue weighted by Gasteiger charge is -2.32. The predicted octanol–water partition coefficient (Wildman–Crippen LogP) is 2.00. The average Bonchev–Trinajstić information content (AvgIpc) is 3.02. The van der Waals surface area contributed by atoms with E-state index in [9.17, 15) is 4.79 Å². The smallest absolute Gasteiger partial charge is 0.274 e. The van der Waals surface area contributed by atoms with Crippen LogP contribution in [-0.4, -0.2) is 78.4 Å². The molecule has 0 spiro atoms. The van der Waals surface area contributed by atoms with Gasteiger partial charge in [-0.25, -0.2) is 0 Å². The highest BCUT2D eigenvalue weighted by Gasteiger charge is 2.32. The third-order valence-corrected chi connectivity index (χ3v) is 5.27. The minimum atomic E-state index is -0.0379. The van der Waals surface area contributed by atoms with Crippen molar-refractivity contribution in [3.63, 3.8) is 0 Å². The van der Waals surface area contributed by atoms with Crippen molar-refractivity contribution in [1.82, 2.24) is 20.0 Å². The number of carbonyl (C=O) groups is 1. The number of aromatic nitrogens is 2. The first kappa shape index (κ1) is 19.3. The molecule has 7 heteroatoms. The quantitative estimate of drug-likeness (QED) is 0.782. The highest BCUT2D eigenvalue weighted by Crippen LogP contribution is 2.31. The summed E-state index contributed by atoms with van der Waals surface area (Å²) >= 11 is 0. The number of hydrogen-bond acceptors (Lipinski definition) is 5. The maximum absolute atomic E-state index is 12.9. The second-order valence-electron chi connectivity index (χ2n) is 7.78. The lowest BCUT2D eigenvalue weighted by atomic mass is 9.98. The van der Waals surface area contributed by atoms with Gasteiger partial charge in [0.15, 0.2) is 5.69 Å². The average molecular weight is 364 g/mol. The summed E-state index contributed by atoms with van der Waals surface area (Å²) in [5.74, 6) is 0.0369. The molecule has 0 aromatic carbocycles. The summed E-state index contributed by atoms with van der Waals surface area (Å²) in [6, 6.07) is 0. The molecular weight excluding hydrogens is 332 g/mol. The van der Waals surface area contributed by atoms with Gasteiger partial charge < -0.3 is 19.3 Å². The fourth-order valence-corrected chi connectivity index (χ4v) is 3.86. The molecule has 0 saturated carbocycles. The van der Waals surface area contributed by atoms with E-state index < -0.39 is 0 Å². The van der Waals surface area contributed by atoms with Crippen molar-refractivity contribution in [1.29, 1.82) is 0 Å². The van der Waals surface area contributed by atoms with Crippen LogP contribution in [0.4, 0.5) is 0 Å². The molecule has 0 aliphatic carbocycles. The first-order valence-corrected chi connectivity index (χ1v) is 9.74. The Labute approximate surface area is 156 Å². The maximum Gasteiger partial charge on any atom is 0.274 e. The van der Waals surface area contributed by atoms with E-state index in [4.69, 9.17) is 9.47 Å². The Bertz CT molecular complexity index is 608. The number of likely N-dealkylation sites (tertiary alicyclic amines) is 1. The SMILES string of the molecule is C[C@@H]1Cc2c(C(=O)N3CCC(OCCCN(C)C)CC3)n[nH]c2[C@H](C)O1. The number of H-pyrrole nitrogens is 1. The zero-order chi connectivity index (χ0) is 18.7. The van der Waals surface area contributed by atoms with Gasteiger partial charge in [-0.2, -0.15) is 5.10 Å². The highest BCUT2D eigenvalue weighted by molar-refractivity contribution is 5.94. The van der Waals surface area contributed by atoms with Crippen molar-refractivity contribution in [2.45, 2.75) is 57.8 Å². The lowest BCUT2D eigenvalue weighted by molar-refractivity contribution is -0.00716.